The summed E-state index contributed by atoms with van der Waals surface area (Å²) < 4.78 is 6.93. The lowest BCUT2D eigenvalue weighted by Crippen LogP contribution is -2.64. The van der Waals surface area contributed by atoms with Gasteiger partial charge in [-0.25, -0.2) is 0 Å². The highest BCUT2D eigenvalue weighted by atomic mass is 16.5. The molecule has 0 bridgehead atoms. The van der Waals surface area contributed by atoms with E-state index < -0.39 is 5.54 Å². The Labute approximate surface area is 216 Å². The number of benzene rings is 3. The molecule has 1 aliphatic rings. The van der Waals surface area contributed by atoms with Crippen LogP contribution < -0.4 is 15.0 Å². The van der Waals surface area contributed by atoms with Crippen molar-refractivity contribution in [2.75, 3.05) is 12.0 Å². The van der Waals surface area contributed by atoms with Crippen molar-refractivity contribution in [3.63, 3.8) is 0 Å². The molecule has 1 aromatic heterocycles. The van der Waals surface area contributed by atoms with Crippen molar-refractivity contribution >= 4 is 17.5 Å². The van der Waals surface area contributed by atoms with E-state index in [-0.39, 0.29) is 18.4 Å². The highest BCUT2D eigenvalue weighted by Gasteiger charge is 2.49. The van der Waals surface area contributed by atoms with Gasteiger partial charge in [-0.2, -0.15) is 5.10 Å². The Morgan fingerprint density at radius 1 is 1.03 bits per heavy atom. The van der Waals surface area contributed by atoms with Crippen LogP contribution in [-0.4, -0.2) is 34.2 Å². The average Bonchev–Trinajstić information content (AvgIpc) is 3.36. The second-order valence-corrected chi connectivity index (χ2v) is 9.37. The number of carbonyl (C=O) groups is 2. The fourth-order valence-corrected chi connectivity index (χ4v) is 4.86. The van der Waals surface area contributed by atoms with Crippen LogP contribution in [0.4, 0.5) is 5.69 Å². The maximum Gasteiger partial charge on any atom is 0.277 e. The van der Waals surface area contributed by atoms with Gasteiger partial charge in [0, 0.05) is 17.8 Å². The predicted molar refractivity (Wildman–Crippen MR) is 144 cm³/mol. The minimum atomic E-state index is -1.19. The van der Waals surface area contributed by atoms with Gasteiger partial charge in [0.15, 0.2) is 0 Å². The van der Waals surface area contributed by atoms with Crippen LogP contribution in [0.25, 0.3) is 11.3 Å². The number of hydrogen-bond donors (Lipinski definition) is 1. The highest BCUT2D eigenvalue weighted by Crippen LogP contribution is 2.36. The number of para-hydroxylation sites is 1. The summed E-state index contributed by atoms with van der Waals surface area (Å²) in [6, 6.07) is 26.9. The maximum atomic E-state index is 14.1. The van der Waals surface area contributed by atoms with Crippen LogP contribution >= 0.6 is 0 Å². The van der Waals surface area contributed by atoms with Crippen LogP contribution in [0.15, 0.2) is 84.9 Å². The summed E-state index contributed by atoms with van der Waals surface area (Å²) in [7, 11) is 1.62. The lowest BCUT2D eigenvalue weighted by molar-refractivity contribution is -0.126. The number of carbonyl (C=O) groups excluding carboxylic acids is 2. The Balaban J connectivity index is 1.56. The summed E-state index contributed by atoms with van der Waals surface area (Å²) in [5, 5.41) is 7.80. The molecule has 2 amide bonds. The lowest BCUT2D eigenvalue weighted by atomic mass is 9.92. The molecule has 0 unspecified atom stereocenters. The zero-order chi connectivity index (χ0) is 26.0. The monoisotopic (exact) mass is 494 g/mol. The standard InChI is InChI=1S/C30H30N4O3/c1-4-22-12-8-9-13-26(22)34-28(35)27-18-25(23-14-16-24(37-3)17-15-23)32-33(27)20-30(34,2)29(36)31-19-21-10-6-5-7-11-21/h5-18H,4,19-20H2,1-3H3,(H,31,36)/t30-/m0/s1. The first-order chi connectivity index (χ1) is 17.9. The van der Waals surface area contributed by atoms with Crippen LogP contribution in [-0.2, 0) is 24.3 Å². The van der Waals surface area contributed by atoms with Gasteiger partial charge in [0.1, 0.15) is 17.0 Å². The summed E-state index contributed by atoms with van der Waals surface area (Å²) in [4.78, 5) is 29.6. The smallest absolute Gasteiger partial charge is 0.277 e. The molecule has 0 spiro atoms. The molecule has 1 atom stereocenters. The van der Waals surface area contributed by atoms with E-state index in [0.717, 1.165) is 34.5 Å². The van der Waals surface area contributed by atoms with Crippen molar-refractivity contribution < 1.29 is 14.3 Å². The first-order valence-electron chi connectivity index (χ1n) is 12.4. The van der Waals surface area contributed by atoms with Crippen molar-refractivity contribution in [1.29, 1.82) is 0 Å². The first-order valence-corrected chi connectivity index (χ1v) is 12.4. The van der Waals surface area contributed by atoms with Gasteiger partial charge in [0.25, 0.3) is 5.91 Å². The van der Waals surface area contributed by atoms with Gasteiger partial charge in [0.05, 0.1) is 19.3 Å². The third-order valence-electron chi connectivity index (χ3n) is 6.94. The molecule has 4 aromatic rings. The predicted octanol–water partition coefficient (Wildman–Crippen LogP) is 4.86. The molecule has 7 nitrogen and oxygen atoms in total. The number of amides is 2. The van der Waals surface area contributed by atoms with Crippen molar-refractivity contribution in [3.8, 4) is 17.0 Å². The number of hydrogen-bond acceptors (Lipinski definition) is 4. The number of methoxy groups -OCH3 is 1. The summed E-state index contributed by atoms with van der Waals surface area (Å²) in [5.74, 6) is 0.258. The van der Waals surface area contributed by atoms with Crippen molar-refractivity contribution in [2.45, 2.75) is 38.9 Å². The third kappa shape index (κ3) is 4.48. The van der Waals surface area contributed by atoms with E-state index >= 15 is 0 Å². The SMILES string of the molecule is CCc1ccccc1N1C(=O)c2cc(-c3ccc(OC)cc3)nn2C[C@@]1(C)C(=O)NCc1ccccc1. The summed E-state index contributed by atoms with van der Waals surface area (Å²) >= 11 is 0. The zero-order valence-electron chi connectivity index (χ0n) is 21.3. The molecular formula is C30H30N4O3. The van der Waals surface area contributed by atoms with E-state index in [1.165, 1.54) is 0 Å². The summed E-state index contributed by atoms with van der Waals surface area (Å²) in [5.41, 5.74) is 3.53. The normalized spacial score (nSPS) is 16.8. The third-order valence-corrected chi connectivity index (χ3v) is 6.94. The van der Waals surface area contributed by atoms with Gasteiger partial charge in [0.2, 0.25) is 5.91 Å². The first kappa shape index (κ1) is 24.3. The summed E-state index contributed by atoms with van der Waals surface area (Å²) in [6.45, 7) is 4.46. The maximum absolute atomic E-state index is 14.1. The van der Waals surface area contributed by atoms with Gasteiger partial charge >= 0.3 is 0 Å². The van der Waals surface area contributed by atoms with Gasteiger partial charge < -0.3 is 10.1 Å². The fourth-order valence-electron chi connectivity index (χ4n) is 4.86. The molecule has 0 saturated heterocycles. The number of nitrogens with one attached hydrogen (secondary N) is 1. The van der Waals surface area contributed by atoms with E-state index in [9.17, 15) is 9.59 Å². The number of aryl methyl sites for hydroxylation is 1. The van der Waals surface area contributed by atoms with E-state index in [1.807, 2.05) is 92.7 Å². The Morgan fingerprint density at radius 3 is 2.43 bits per heavy atom. The van der Waals surface area contributed by atoms with Gasteiger partial charge in [-0.3, -0.25) is 19.2 Å². The van der Waals surface area contributed by atoms with E-state index in [4.69, 9.17) is 9.84 Å². The molecule has 2 heterocycles. The van der Waals surface area contributed by atoms with Crippen LogP contribution in [0.2, 0.25) is 0 Å². The minimum absolute atomic E-state index is 0.225. The Kier molecular flexibility index (Phi) is 6.53. The molecule has 0 aliphatic carbocycles. The molecule has 188 valence electrons. The van der Waals surface area contributed by atoms with Gasteiger partial charge in [-0.05, 0) is 60.9 Å². The number of nitrogens with zero attached hydrogens (tertiary/aromatic N) is 3. The Morgan fingerprint density at radius 2 is 1.73 bits per heavy atom. The number of ether oxygens (including phenoxy) is 1. The van der Waals surface area contributed by atoms with Crippen LogP contribution in [0.1, 0.15) is 35.5 Å². The Bertz CT molecular complexity index is 1430. The Hall–Kier alpha value is -4.39. The molecule has 1 aliphatic heterocycles. The summed E-state index contributed by atoms with van der Waals surface area (Å²) in [6.07, 6.45) is 0.734. The fraction of sp³-hybridized carbons (Fsp3) is 0.233. The molecule has 1 N–H and O–H groups in total. The molecule has 7 heteroatoms. The second-order valence-electron chi connectivity index (χ2n) is 9.37. The van der Waals surface area contributed by atoms with E-state index in [0.29, 0.717) is 17.9 Å². The zero-order valence-corrected chi connectivity index (χ0v) is 21.3. The van der Waals surface area contributed by atoms with Crippen LogP contribution in [0.3, 0.4) is 0 Å². The van der Waals surface area contributed by atoms with E-state index in [2.05, 4.69) is 5.32 Å². The number of fused-ring (bicyclic) bond motifs is 1. The molecule has 5 rings (SSSR count). The van der Waals surface area contributed by atoms with Gasteiger partial charge in [-0.15, -0.1) is 0 Å². The van der Waals surface area contributed by atoms with E-state index in [1.54, 1.807) is 22.8 Å². The molecule has 0 fully saturated rings. The lowest BCUT2D eigenvalue weighted by Gasteiger charge is -2.43. The second kappa shape index (κ2) is 9.93. The van der Waals surface area contributed by atoms with Crippen LogP contribution in [0, 0.1) is 0 Å². The molecular weight excluding hydrogens is 464 g/mol. The average molecular weight is 495 g/mol. The molecule has 0 radical (unpaired) electrons. The highest BCUT2D eigenvalue weighted by molar-refractivity contribution is 6.12. The van der Waals surface area contributed by atoms with Crippen molar-refractivity contribution in [2.24, 2.45) is 0 Å². The molecule has 37 heavy (non-hydrogen) atoms. The van der Waals surface area contributed by atoms with Crippen LogP contribution in [0.5, 0.6) is 5.75 Å². The quantitative estimate of drug-likeness (QED) is 0.398. The minimum Gasteiger partial charge on any atom is -0.497 e. The van der Waals surface area contributed by atoms with Crippen molar-refractivity contribution in [1.82, 2.24) is 15.1 Å². The molecule has 3 aromatic carbocycles. The van der Waals surface area contributed by atoms with Crippen molar-refractivity contribution in [3.05, 3.63) is 102 Å². The number of aromatic nitrogens is 2. The number of anilines is 1. The number of rotatable bonds is 7. The van der Waals surface area contributed by atoms with Gasteiger partial charge in [-0.1, -0.05) is 55.5 Å². The largest absolute Gasteiger partial charge is 0.497 e. The molecule has 0 saturated carbocycles. The topological polar surface area (TPSA) is 76.5 Å².